The number of rotatable bonds is 5. The molecule has 4 rings (SSSR count). The summed E-state index contributed by atoms with van der Waals surface area (Å²) < 4.78 is 22.0. The zero-order chi connectivity index (χ0) is 21.1. The van der Waals surface area contributed by atoms with Gasteiger partial charge in [0.25, 0.3) is 0 Å². The average Bonchev–Trinajstić information content (AvgIpc) is 3.10. The first kappa shape index (κ1) is 20.3. The van der Waals surface area contributed by atoms with Crippen LogP contribution < -0.4 is 10.1 Å². The molecule has 1 saturated carbocycles. The minimum absolute atomic E-state index is 0.101. The third-order valence-corrected chi connectivity index (χ3v) is 5.59. The Hall–Kier alpha value is -3.00. The molecular weight excluding hydrogens is 385 g/mol. The Labute approximate surface area is 174 Å². The molecule has 30 heavy (non-hydrogen) atoms. The summed E-state index contributed by atoms with van der Waals surface area (Å²) in [6, 6.07) is 9.00. The number of halogens is 1. The molecule has 2 unspecified atom stereocenters. The van der Waals surface area contributed by atoms with Crippen molar-refractivity contribution in [1.82, 2.24) is 25.3 Å². The maximum absolute atomic E-state index is 14.4. The Morgan fingerprint density at radius 1 is 1.17 bits per heavy atom. The lowest BCUT2D eigenvalue weighted by Crippen LogP contribution is -2.35. The Balaban J connectivity index is 1.49. The van der Waals surface area contributed by atoms with E-state index in [0.717, 1.165) is 24.0 Å². The summed E-state index contributed by atoms with van der Waals surface area (Å²) in [4.78, 5) is 0. The zero-order valence-electron chi connectivity index (χ0n) is 17.1. The van der Waals surface area contributed by atoms with Gasteiger partial charge in [-0.05, 0) is 50.1 Å². The summed E-state index contributed by atoms with van der Waals surface area (Å²) in [5, 5.41) is 26.1. The second-order valence-corrected chi connectivity index (χ2v) is 7.72. The highest BCUT2D eigenvalue weighted by Crippen LogP contribution is 2.33. The van der Waals surface area contributed by atoms with Crippen LogP contribution in [-0.4, -0.2) is 50.4 Å². The quantitative estimate of drug-likeness (QED) is 0.625. The van der Waals surface area contributed by atoms with E-state index in [1.165, 1.54) is 0 Å². The zero-order valence-corrected chi connectivity index (χ0v) is 17.1. The van der Waals surface area contributed by atoms with Gasteiger partial charge in [-0.2, -0.15) is 5.10 Å². The van der Waals surface area contributed by atoms with Crippen molar-refractivity contribution in [3.8, 4) is 34.0 Å². The van der Waals surface area contributed by atoms with Crippen LogP contribution in [0.3, 0.4) is 0 Å². The maximum atomic E-state index is 14.4. The van der Waals surface area contributed by atoms with Crippen molar-refractivity contribution in [3.05, 3.63) is 42.7 Å². The number of aromatic hydroxyl groups is 1. The Bertz CT molecular complexity index is 991. The molecule has 1 fully saturated rings. The van der Waals surface area contributed by atoms with Crippen LogP contribution in [0.1, 0.15) is 25.7 Å². The van der Waals surface area contributed by atoms with Gasteiger partial charge in [0.1, 0.15) is 18.0 Å². The molecule has 0 bridgehead atoms. The van der Waals surface area contributed by atoms with Crippen LogP contribution in [-0.2, 0) is 7.05 Å². The number of benzene rings is 1. The van der Waals surface area contributed by atoms with E-state index in [9.17, 15) is 9.50 Å². The number of nitrogens with one attached hydrogen (secondary N) is 1. The van der Waals surface area contributed by atoms with Crippen LogP contribution in [0.25, 0.3) is 22.4 Å². The van der Waals surface area contributed by atoms with E-state index in [1.54, 1.807) is 35.1 Å². The first-order valence-electron chi connectivity index (χ1n) is 10.2. The molecule has 8 heteroatoms. The molecule has 3 atom stereocenters. The Morgan fingerprint density at radius 2 is 2.03 bits per heavy atom. The van der Waals surface area contributed by atoms with Gasteiger partial charge in [0.2, 0.25) is 5.88 Å². The van der Waals surface area contributed by atoms with E-state index in [0.29, 0.717) is 24.1 Å². The standard InChI is InChI=1S/C22H26FN5O2/c1-24-16-4-3-5-18(23)21(11-16)30-22-9-8-19(26-27-22)17-7-6-14(10-20(17)29)15-12-25-28(2)13-15/h6-10,12-13,16,18,21,24,29H,3-5,11H2,1-2H3/t16?,18?,21-/m1/s1. The maximum Gasteiger partial charge on any atom is 0.233 e. The van der Waals surface area contributed by atoms with Crippen molar-refractivity contribution in [2.75, 3.05) is 7.05 Å². The van der Waals surface area contributed by atoms with Gasteiger partial charge in [-0.1, -0.05) is 6.07 Å². The molecule has 0 spiro atoms. The minimum Gasteiger partial charge on any atom is -0.507 e. The number of hydrogen-bond donors (Lipinski definition) is 2. The van der Waals surface area contributed by atoms with E-state index in [4.69, 9.17) is 4.74 Å². The predicted octanol–water partition coefficient (Wildman–Crippen LogP) is 3.50. The van der Waals surface area contributed by atoms with Gasteiger partial charge < -0.3 is 15.2 Å². The van der Waals surface area contributed by atoms with Gasteiger partial charge >= 0.3 is 0 Å². The first-order chi connectivity index (χ1) is 14.5. The van der Waals surface area contributed by atoms with Crippen LogP contribution in [0.15, 0.2) is 42.7 Å². The molecule has 1 aliphatic carbocycles. The van der Waals surface area contributed by atoms with Crippen molar-refractivity contribution >= 4 is 0 Å². The Morgan fingerprint density at radius 3 is 2.70 bits per heavy atom. The highest BCUT2D eigenvalue weighted by Gasteiger charge is 2.29. The molecule has 0 aliphatic heterocycles. The molecule has 2 heterocycles. The van der Waals surface area contributed by atoms with Crippen LogP contribution in [0.5, 0.6) is 11.6 Å². The fourth-order valence-electron chi connectivity index (χ4n) is 3.85. The molecule has 0 amide bonds. The topological polar surface area (TPSA) is 85.1 Å². The van der Waals surface area contributed by atoms with Crippen molar-refractivity contribution in [2.45, 2.75) is 44.0 Å². The van der Waals surface area contributed by atoms with E-state index in [2.05, 4.69) is 20.6 Å². The Kier molecular flexibility index (Phi) is 5.94. The normalized spacial score (nSPS) is 21.9. The highest BCUT2D eigenvalue weighted by molar-refractivity contribution is 5.73. The summed E-state index contributed by atoms with van der Waals surface area (Å²) in [7, 11) is 3.73. The largest absolute Gasteiger partial charge is 0.507 e. The number of hydrogen-bond acceptors (Lipinski definition) is 6. The third kappa shape index (κ3) is 4.43. The molecule has 0 saturated heterocycles. The first-order valence-corrected chi connectivity index (χ1v) is 10.2. The number of aryl methyl sites for hydroxylation is 1. The average molecular weight is 411 g/mol. The lowest BCUT2D eigenvalue weighted by atomic mass is 10.0. The number of phenolic OH excluding ortho intramolecular Hbond substituents is 1. The van der Waals surface area contributed by atoms with Gasteiger partial charge in [0.05, 0.1) is 11.9 Å². The lowest BCUT2D eigenvalue weighted by Gasteiger charge is -2.22. The van der Waals surface area contributed by atoms with E-state index < -0.39 is 12.3 Å². The molecule has 1 aromatic carbocycles. The molecule has 3 aromatic rings. The summed E-state index contributed by atoms with van der Waals surface area (Å²) >= 11 is 0. The minimum atomic E-state index is -1.02. The molecular formula is C22H26FN5O2. The van der Waals surface area contributed by atoms with Crippen molar-refractivity contribution in [1.29, 1.82) is 0 Å². The summed E-state index contributed by atoms with van der Waals surface area (Å²) in [5.74, 6) is 0.387. The van der Waals surface area contributed by atoms with Crippen molar-refractivity contribution in [2.24, 2.45) is 7.05 Å². The monoisotopic (exact) mass is 411 g/mol. The summed E-state index contributed by atoms with van der Waals surface area (Å²) in [6.45, 7) is 0. The number of alkyl halides is 1. The molecule has 2 aromatic heterocycles. The van der Waals surface area contributed by atoms with Crippen molar-refractivity contribution < 1.29 is 14.2 Å². The van der Waals surface area contributed by atoms with Crippen molar-refractivity contribution in [3.63, 3.8) is 0 Å². The molecule has 7 nitrogen and oxygen atoms in total. The van der Waals surface area contributed by atoms with Gasteiger partial charge in [-0.3, -0.25) is 4.68 Å². The third-order valence-electron chi connectivity index (χ3n) is 5.59. The second-order valence-electron chi connectivity index (χ2n) is 7.72. The van der Waals surface area contributed by atoms with E-state index in [-0.39, 0.29) is 17.7 Å². The predicted molar refractivity (Wildman–Crippen MR) is 112 cm³/mol. The lowest BCUT2D eigenvalue weighted by molar-refractivity contribution is 0.0837. The fourth-order valence-corrected chi connectivity index (χ4v) is 3.85. The van der Waals surface area contributed by atoms with E-state index >= 15 is 0 Å². The number of ether oxygens (including phenoxy) is 1. The molecule has 2 N–H and O–H groups in total. The highest BCUT2D eigenvalue weighted by atomic mass is 19.1. The molecule has 1 aliphatic rings. The van der Waals surface area contributed by atoms with Gasteiger partial charge in [-0.15, -0.1) is 10.2 Å². The fraction of sp³-hybridized carbons (Fsp3) is 0.409. The van der Waals surface area contributed by atoms with Gasteiger partial charge in [0, 0.05) is 42.9 Å². The molecule has 158 valence electrons. The van der Waals surface area contributed by atoms with Crippen LogP contribution >= 0.6 is 0 Å². The van der Waals surface area contributed by atoms with Gasteiger partial charge in [-0.25, -0.2) is 4.39 Å². The number of nitrogens with zero attached hydrogens (tertiary/aromatic N) is 4. The SMILES string of the molecule is CNC1CCCC(F)[C@H](Oc2ccc(-c3ccc(-c4cnn(C)c4)cc3O)nn2)C1. The number of aromatic nitrogens is 4. The van der Waals surface area contributed by atoms with Crippen LogP contribution in [0.4, 0.5) is 4.39 Å². The number of phenols is 1. The smallest absolute Gasteiger partial charge is 0.233 e. The van der Waals surface area contributed by atoms with E-state index in [1.807, 2.05) is 26.4 Å². The second kappa shape index (κ2) is 8.79. The van der Waals surface area contributed by atoms with Crippen LogP contribution in [0, 0.1) is 0 Å². The van der Waals surface area contributed by atoms with Gasteiger partial charge in [0.15, 0.2) is 0 Å². The molecule has 0 radical (unpaired) electrons. The summed E-state index contributed by atoms with van der Waals surface area (Å²) in [6.07, 6.45) is 4.92. The van der Waals surface area contributed by atoms with Crippen LogP contribution in [0.2, 0.25) is 0 Å². The summed E-state index contributed by atoms with van der Waals surface area (Å²) in [5.41, 5.74) is 2.86.